The van der Waals surface area contributed by atoms with E-state index in [1.807, 2.05) is 12.1 Å². The lowest BCUT2D eigenvalue weighted by molar-refractivity contribution is -0.209. The highest BCUT2D eigenvalue weighted by molar-refractivity contribution is 7.99. The fourth-order valence-electron chi connectivity index (χ4n) is 2.76. The molecule has 0 spiro atoms. The van der Waals surface area contributed by atoms with Crippen molar-refractivity contribution in [3.63, 3.8) is 0 Å². The van der Waals surface area contributed by atoms with Crippen molar-refractivity contribution in [1.29, 1.82) is 0 Å². The number of hydrogen-bond acceptors (Lipinski definition) is 11. The molecule has 0 aliphatic heterocycles. The van der Waals surface area contributed by atoms with Gasteiger partial charge in [-0.3, -0.25) is 4.89 Å². The van der Waals surface area contributed by atoms with Gasteiger partial charge in [0, 0.05) is 39.5 Å². The van der Waals surface area contributed by atoms with E-state index >= 15 is 0 Å². The van der Waals surface area contributed by atoms with Gasteiger partial charge in [-0.25, -0.2) is 24.1 Å². The lowest BCUT2D eigenvalue weighted by Crippen LogP contribution is -2.30. The van der Waals surface area contributed by atoms with Gasteiger partial charge >= 0.3 is 23.9 Å². The summed E-state index contributed by atoms with van der Waals surface area (Å²) in [6, 6.07) is 14.0. The van der Waals surface area contributed by atoms with E-state index in [2.05, 4.69) is 26.3 Å². The third-order valence-electron chi connectivity index (χ3n) is 5.06. The van der Waals surface area contributed by atoms with E-state index in [-0.39, 0.29) is 25.4 Å². The minimum Gasteiger partial charge on any atom is -0.490 e. The summed E-state index contributed by atoms with van der Waals surface area (Å²) in [5, 5.41) is 0. The van der Waals surface area contributed by atoms with Crippen LogP contribution in [0.25, 0.3) is 0 Å². The molecule has 11 heteroatoms. The molecular weight excluding hydrogens is 552 g/mol. The van der Waals surface area contributed by atoms with E-state index in [1.54, 1.807) is 43.3 Å². The van der Waals surface area contributed by atoms with E-state index in [9.17, 15) is 19.2 Å². The Morgan fingerprint density at radius 3 is 1.80 bits per heavy atom. The number of carbonyl (C=O) groups excluding carboxylic acids is 4. The maximum absolute atomic E-state index is 12.2. The summed E-state index contributed by atoms with van der Waals surface area (Å²) in [7, 11) is 0. The zero-order chi connectivity index (χ0) is 30.2. The fourth-order valence-corrected chi connectivity index (χ4v) is 3.58. The molecule has 216 valence electrons. The van der Waals surface area contributed by atoms with Gasteiger partial charge in [-0.1, -0.05) is 45.0 Å². The first-order chi connectivity index (χ1) is 19.6. The van der Waals surface area contributed by atoms with Gasteiger partial charge in [0.25, 0.3) is 0 Å². The van der Waals surface area contributed by atoms with Gasteiger partial charge in [-0.05, 0) is 48.5 Å². The smallest absolute Gasteiger partial charge is 0.381 e. The molecule has 0 radical (unpaired) electrons. The second kappa shape index (κ2) is 17.0. The number of benzene rings is 2. The van der Waals surface area contributed by atoms with Gasteiger partial charge < -0.3 is 18.9 Å². The molecule has 0 saturated heterocycles. The molecule has 0 bridgehead atoms. The minimum absolute atomic E-state index is 0.0441. The molecule has 0 fully saturated rings. The van der Waals surface area contributed by atoms with Crippen molar-refractivity contribution in [2.24, 2.45) is 5.92 Å². The van der Waals surface area contributed by atoms with Crippen LogP contribution < -0.4 is 9.62 Å². The molecule has 0 heterocycles. The van der Waals surface area contributed by atoms with Gasteiger partial charge in [0.15, 0.2) is 11.9 Å². The van der Waals surface area contributed by atoms with Crippen LogP contribution in [0.15, 0.2) is 108 Å². The molecule has 0 aliphatic carbocycles. The van der Waals surface area contributed by atoms with Gasteiger partial charge in [0.05, 0.1) is 6.61 Å². The molecule has 0 N–H and O–H groups in total. The average molecular weight is 583 g/mol. The SMILES string of the molecule is C=CC(=O)OCC(COc1ccc(Sc2ccc(OOC(=O)C(=C)C(C)COC(=O)C=C)cc2)cc1)OC(=O)C=C. The maximum atomic E-state index is 12.2. The van der Waals surface area contributed by atoms with Crippen LogP contribution in [0.4, 0.5) is 0 Å². The standard InChI is InChI=1S/C30H30O10S/c1-6-27(31)36-17-20(4)21(5)30(34)40-39-23-11-15-26(16-12-23)41-25-13-9-22(10-14-25)35-18-24(38-29(33)8-3)19-37-28(32)7-2/h6-16,20,24H,1-3,5,17-19H2,4H3. The monoisotopic (exact) mass is 582 g/mol. The fraction of sp³-hybridized carbons (Fsp3) is 0.200. The van der Waals surface area contributed by atoms with Crippen LogP contribution in [0.5, 0.6) is 11.5 Å². The minimum atomic E-state index is -0.832. The summed E-state index contributed by atoms with van der Waals surface area (Å²) < 4.78 is 20.7. The first-order valence-electron chi connectivity index (χ1n) is 12.1. The molecule has 2 aromatic carbocycles. The molecule has 0 aliphatic rings. The highest BCUT2D eigenvalue weighted by atomic mass is 32.2. The van der Waals surface area contributed by atoms with Crippen LogP contribution in [0.1, 0.15) is 6.92 Å². The Balaban J connectivity index is 1.84. The molecule has 41 heavy (non-hydrogen) atoms. The van der Waals surface area contributed by atoms with Crippen molar-refractivity contribution in [3.8, 4) is 11.5 Å². The van der Waals surface area contributed by atoms with Crippen molar-refractivity contribution >= 4 is 35.6 Å². The van der Waals surface area contributed by atoms with E-state index in [0.717, 1.165) is 28.0 Å². The van der Waals surface area contributed by atoms with Crippen LogP contribution in [-0.4, -0.2) is 49.8 Å². The summed E-state index contributed by atoms with van der Waals surface area (Å²) in [6.45, 7) is 15.0. The second-order valence-corrected chi connectivity index (χ2v) is 9.31. The number of carbonyl (C=O) groups is 4. The zero-order valence-corrected chi connectivity index (χ0v) is 23.3. The van der Waals surface area contributed by atoms with Crippen LogP contribution in [0, 0.1) is 5.92 Å². The molecule has 0 saturated carbocycles. The Bertz CT molecular complexity index is 1250. The van der Waals surface area contributed by atoms with Crippen molar-refractivity contribution in [3.05, 3.63) is 98.6 Å². The number of esters is 3. The van der Waals surface area contributed by atoms with Crippen LogP contribution in [0.3, 0.4) is 0 Å². The Labute approximate surface area is 242 Å². The van der Waals surface area contributed by atoms with Crippen molar-refractivity contribution in [1.82, 2.24) is 0 Å². The number of hydrogen-bond donors (Lipinski definition) is 0. The lowest BCUT2D eigenvalue weighted by atomic mass is 10.0. The topological polar surface area (TPSA) is 124 Å². The summed E-state index contributed by atoms with van der Waals surface area (Å²) in [5.74, 6) is -2.34. The Hall–Kier alpha value is -4.77. The maximum Gasteiger partial charge on any atom is 0.381 e. The van der Waals surface area contributed by atoms with E-state index in [0.29, 0.717) is 11.5 Å². The highest BCUT2D eigenvalue weighted by Gasteiger charge is 2.19. The summed E-state index contributed by atoms with van der Waals surface area (Å²) in [5.41, 5.74) is 0.0888. The van der Waals surface area contributed by atoms with Crippen LogP contribution >= 0.6 is 11.8 Å². The first kappa shape index (κ1) is 32.4. The predicted octanol–water partition coefficient (Wildman–Crippen LogP) is 4.80. The Morgan fingerprint density at radius 2 is 1.27 bits per heavy atom. The summed E-state index contributed by atoms with van der Waals surface area (Å²) in [4.78, 5) is 57.9. The van der Waals surface area contributed by atoms with Gasteiger partial charge in [0.2, 0.25) is 0 Å². The van der Waals surface area contributed by atoms with Crippen LogP contribution in [-0.2, 0) is 38.3 Å². The summed E-state index contributed by atoms with van der Waals surface area (Å²) in [6.07, 6.45) is 2.21. The third kappa shape index (κ3) is 11.9. The molecule has 0 amide bonds. The molecular formula is C30H30O10S. The summed E-state index contributed by atoms with van der Waals surface area (Å²) >= 11 is 1.47. The van der Waals surface area contributed by atoms with E-state index in [4.69, 9.17) is 28.7 Å². The van der Waals surface area contributed by atoms with Crippen molar-refractivity contribution in [2.75, 3.05) is 19.8 Å². The van der Waals surface area contributed by atoms with Crippen molar-refractivity contribution < 1.29 is 47.9 Å². The average Bonchev–Trinajstić information content (AvgIpc) is 3.00. The molecule has 2 rings (SSSR count). The number of rotatable bonds is 17. The third-order valence-corrected chi connectivity index (χ3v) is 6.08. The lowest BCUT2D eigenvalue weighted by Gasteiger charge is -2.17. The number of ether oxygens (including phenoxy) is 4. The molecule has 2 aromatic rings. The van der Waals surface area contributed by atoms with E-state index < -0.39 is 35.9 Å². The molecule has 0 aromatic heterocycles. The highest BCUT2D eigenvalue weighted by Crippen LogP contribution is 2.30. The van der Waals surface area contributed by atoms with Crippen molar-refractivity contribution in [2.45, 2.75) is 22.8 Å². The normalized spacial score (nSPS) is 11.5. The van der Waals surface area contributed by atoms with Gasteiger partial charge in [-0.15, -0.1) is 0 Å². The van der Waals surface area contributed by atoms with E-state index in [1.165, 1.54) is 11.8 Å². The predicted molar refractivity (Wildman–Crippen MR) is 150 cm³/mol. The molecule has 2 atom stereocenters. The second-order valence-electron chi connectivity index (χ2n) is 8.17. The molecule has 2 unspecified atom stereocenters. The van der Waals surface area contributed by atoms with Gasteiger partial charge in [-0.2, -0.15) is 0 Å². The molecule has 10 nitrogen and oxygen atoms in total. The zero-order valence-electron chi connectivity index (χ0n) is 22.4. The van der Waals surface area contributed by atoms with Gasteiger partial charge in [0.1, 0.15) is 19.0 Å². The largest absolute Gasteiger partial charge is 0.490 e. The van der Waals surface area contributed by atoms with Crippen LogP contribution in [0.2, 0.25) is 0 Å². The quantitative estimate of drug-likeness (QED) is 0.0840. The Morgan fingerprint density at radius 1 is 0.756 bits per heavy atom. The Kier molecular flexibility index (Phi) is 13.5. The first-order valence-corrected chi connectivity index (χ1v) is 13.0.